The van der Waals surface area contributed by atoms with Crippen molar-refractivity contribution < 1.29 is 9.53 Å². The topological polar surface area (TPSA) is 38.3 Å². The average Bonchev–Trinajstić information content (AvgIpc) is 2.11. The Kier molecular flexibility index (Phi) is 6.76. The minimum absolute atomic E-state index is 0.0859. The fourth-order valence-corrected chi connectivity index (χ4v) is 0.693. The molecule has 3 heteroatoms. The first-order valence-corrected chi connectivity index (χ1v) is 4.59. The van der Waals surface area contributed by atoms with Gasteiger partial charge in [0, 0.05) is 13.0 Å². The molecule has 3 nitrogen and oxygen atoms in total. The molecule has 0 rings (SSSR count). The van der Waals surface area contributed by atoms with E-state index in [1.165, 1.54) is 0 Å². The van der Waals surface area contributed by atoms with Crippen LogP contribution in [-0.2, 0) is 9.53 Å². The molecule has 0 aliphatic rings. The van der Waals surface area contributed by atoms with E-state index in [1.807, 2.05) is 13.8 Å². The van der Waals surface area contributed by atoms with Crippen LogP contribution in [0.5, 0.6) is 0 Å². The summed E-state index contributed by atoms with van der Waals surface area (Å²) in [6.07, 6.45) is 1.86. The monoisotopic (exact) mass is 173 g/mol. The van der Waals surface area contributed by atoms with E-state index in [4.69, 9.17) is 4.74 Å². The van der Waals surface area contributed by atoms with E-state index < -0.39 is 0 Å². The van der Waals surface area contributed by atoms with Crippen molar-refractivity contribution in [2.75, 3.05) is 13.2 Å². The smallest absolute Gasteiger partial charge is 0.219 e. The first-order valence-electron chi connectivity index (χ1n) is 4.59. The van der Waals surface area contributed by atoms with E-state index in [0.29, 0.717) is 25.7 Å². The highest BCUT2D eigenvalue weighted by Gasteiger charge is 1.98. The van der Waals surface area contributed by atoms with E-state index >= 15 is 0 Å². The van der Waals surface area contributed by atoms with Gasteiger partial charge in [-0.25, -0.2) is 0 Å². The SMILES string of the molecule is CCC(=O)NCCOC(C)CC. The molecule has 1 amide bonds. The minimum Gasteiger partial charge on any atom is -0.377 e. The summed E-state index contributed by atoms with van der Waals surface area (Å²) in [4.78, 5) is 10.8. The summed E-state index contributed by atoms with van der Waals surface area (Å²) in [5, 5.41) is 2.75. The quantitative estimate of drug-likeness (QED) is 0.615. The molecule has 1 atom stereocenters. The van der Waals surface area contributed by atoms with Crippen molar-refractivity contribution in [1.82, 2.24) is 5.32 Å². The van der Waals surface area contributed by atoms with Gasteiger partial charge >= 0.3 is 0 Å². The number of hydrogen-bond acceptors (Lipinski definition) is 2. The van der Waals surface area contributed by atoms with E-state index in [0.717, 1.165) is 6.42 Å². The molecule has 0 heterocycles. The molecule has 0 aliphatic heterocycles. The minimum atomic E-state index is 0.0859. The summed E-state index contributed by atoms with van der Waals surface area (Å²) in [6.45, 7) is 7.18. The predicted octanol–water partition coefficient (Wildman–Crippen LogP) is 1.33. The molecule has 0 bridgehead atoms. The van der Waals surface area contributed by atoms with Gasteiger partial charge in [-0.1, -0.05) is 13.8 Å². The second-order valence-corrected chi connectivity index (χ2v) is 2.79. The lowest BCUT2D eigenvalue weighted by Gasteiger charge is -2.10. The van der Waals surface area contributed by atoms with Crippen LogP contribution in [0.2, 0.25) is 0 Å². The van der Waals surface area contributed by atoms with Crippen LogP contribution in [0, 0.1) is 0 Å². The van der Waals surface area contributed by atoms with Crippen LogP contribution in [0.25, 0.3) is 0 Å². The molecule has 0 aliphatic carbocycles. The molecule has 0 aromatic rings. The number of hydrogen-bond donors (Lipinski definition) is 1. The lowest BCUT2D eigenvalue weighted by molar-refractivity contribution is -0.121. The summed E-state index contributed by atoms with van der Waals surface area (Å²) in [6, 6.07) is 0. The third-order valence-electron chi connectivity index (χ3n) is 1.72. The van der Waals surface area contributed by atoms with Crippen LogP contribution in [0.3, 0.4) is 0 Å². The van der Waals surface area contributed by atoms with Crippen LogP contribution in [0.4, 0.5) is 0 Å². The van der Waals surface area contributed by atoms with Gasteiger partial charge in [-0.15, -0.1) is 0 Å². The Morgan fingerprint density at radius 3 is 2.67 bits per heavy atom. The van der Waals surface area contributed by atoms with Gasteiger partial charge in [-0.2, -0.15) is 0 Å². The summed E-state index contributed by atoms with van der Waals surface area (Å²) in [5.41, 5.74) is 0. The van der Waals surface area contributed by atoms with E-state index in [9.17, 15) is 4.79 Å². The molecule has 12 heavy (non-hydrogen) atoms. The molecule has 0 saturated heterocycles. The van der Waals surface area contributed by atoms with Crippen LogP contribution in [0.1, 0.15) is 33.6 Å². The molecule has 72 valence electrons. The number of carbonyl (C=O) groups is 1. The standard InChI is InChI=1S/C9H19NO2/c1-4-8(3)12-7-6-10-9(11)5-2/h8H,4-7H2,1-3H3,(H,10,11). The van der Waals surface area contributed by atoms with Gasteiger partial charge in [0.25, 0.3) is 0 Å². The van der Waals surface area contributed by atoms with Crippen LogP contribution < -0.4 is 5.32 Å². The Hall–Kier alpha value is -0.570. The zero-order valence-corrected chi connectivity index (χ0v) is 8.22. The molecular formula is C9H19NO2. The molecule has 0 aromatic heterocycles. The van der Waals surface area contributed by atoms with Crippen molar-refractivity contribution in [2.45, 2.75) is 39.7 Å². The highest BCUT2D eigenvalue weighted by molar-refractivity contribution is 5.75. The first kappa shape index (κ1) is 11.4. The van der Waals surface area contributed by atoms with Gasteiger partial charge in [-0.05, 0) is 13.3 Å². The van der Waals surface area contributed by atoms with Crippen molar-refractivity contribution in [3.05, 3.63) is 0 Å². The fourth-order valence-electron chi connectivity index (χ4n) is 0.693. The second kappa shape index (κ2) is 7.10. The highest BCUT2D eigenvalue weighted by Crippen LogP contribution is 1.93. The Labute approximate surface area is 74.5 Å². The van der Waals surface area contributed by atoms with Gasteiger partial charge < -0.3 is 10.1 Å². The lowest BCUT2D eigenvalue weighted by atomic mass is 10.3. The fraction of sp³-hybridized carbons (Fsp3) is 0.889. The average molecular weight is 173 g/mol. The summed E-state index contributed by atoms with van der Waals surface area (Å²) < 4.78 is 5.37. The number of rotatable bonds is 6. The number of ether oxygens (including phenoxy) is 1. The van der Waals surface area contributed by atoms with Crippen molar-refractivity contribution in [3.63, 3.8) is 0 Å². The van der Waals surface area contributed by atoms with Crippen LogP contribution >= 0.6 is 0 Å². The molecular weight excluding hydrogens is 154 g/mol. The summed E-state index contributed by atoms with van der Waals surface area (Å²) in [7, 11) is 0. The van der Waals surface area contributed by atoms with Gasteiger partial charge in [0.15, 0.2) is 0 Å². The number of nitrogens with one attached hydrogen (secondary N) is 1. The molecule has 0 spiro atoms. The van der Waals surface area contributed by atoms with Gasteiger partial charge in [0.05, 0.1) is 12.7 Å². The molecule has 0 saturated carbocycles. The summed E-state index contributed by atoms with van der Waals surface area (Å²) >= 11 is 0. The largest absolute Gasteiger partial charge is 0.377 e. The van der Waals surface area contributed by atoms with Crippen molar-refractivity contribution in [2.24, 2.45) is 0 Å². The predicted molar refractivity (Wildman–Crippen MR) is 49.0 cm³/mol. The van der Waals surface area contributed by atoms with Gasteiger partial charge in [-0.3, -0.25) is 4.79 Å². The lowest BCUT2D eigenvalue weighted by Crippen LogP contribution is -2.27. The molecule has 1 unspecified atom stereocenters. The molecule has 1 N–H and O–H groups in total. The second-order valence-electron chi connectivity index (χ2n) is 2.79. The maximum atomic E-state index is 10.8. The van der Waals surface area contributed by atoms with Crippen LogP contribution in [-0.4, -0.2) is 25.2 Å². The van der Waals surface area contributed by atoms with Crippen LogP contribution in [0.15, 0.2) is 0 Å². The zero-order valence-electron chi connectivity index (χ0n) is 8.22. The summed E-state index contributed by atoms with van der Waals surface area (Å²) in [5.74, 6) is 0.0859. The molecule has 0 radical (unpaired) electrons. The first-order chi connectivity index (χ1) is 5.70. The maximum absolute atomic E-state index is 10.8. The number of amides is 1. The van der Waals surface area contributed by atoms with Crippen molar-refractivity contribution >= 4 is 5.91 Å². The Morgan fingerprint density at radius 2 is 2.17 bits per heavy atom. The van der Waals surface area contributed by atoms with Gasteiger partial charge in [0.1, 0.15) is 0 Å². The van der Waals surface area contributed by atoms with Crippen molar-refractivity contribution in [3.8, 4) is 0 Å². The Morgan fingerprint density at radius 1 is 1.50 bits per heavy atom. The third-order valence-corrected chi connectivity index (χ3v) is 1.72. The van der Waals surface area contributed by atoms with Crippen molar-refractivity contribution in [1.29, 1.82) is 0 Å². The van der Waals surface area contributed by atoms with Gasteiger partial charge in [0.2, 0.25) is 5.91 Å². The highest BCUT2D eigenvalue weighted by atomic mass is 16.5. The normalized spacial score (nSPS) is 12.6. The number of carbonyl (C=O) groups excluding carboxylic acids is 1. The zero-order chi connectivity index (χ0) is 9.40. The van der Waals surface area contributed by atoms with E-state index in [-0.39, 0.29) is 5.91 Å². The van der Waals surface area contributed by atoms with E-state index in [2.05, 4.69) is 12.2 Å². The maximum Gasteiger partial charge on any atom is 0.219 e. The van der Waals surface area contributed by atoms with E-state index in [1.54, 1.807) is 0 Å². The third kappa shape index (κ3) is 6.16. The molecule has 0 aromatic carbocycles. The Balaban J connectivity index is 3.15. The molecule has 0 fully saturated rings. The Bertz CT molecular complexity index is 126.